The molecular weight excluding hydrogens is 699 g/mol. The summed E-state index contributed by atoms with van der Waals surface area (Å²) in [5.41, 5.74) is 11.7. The van der Waals surface area contributed by atoms with Crippen LogP contribution in [0.1, 0.15) is 79.2 Å². The van der Waals surface area contributed by atoms with Crippen LogP contribution < -0.4 is 30.1 Å². The smallest absolute Gasteiger partial charge is 0.237 e. The number of piperazine rings is 1. The molecule has 0 aliphatic carbocycles. The Morgan fingerprint density at radius 2 is 1.70 bits per heavy atom. The molecule has 0 unspecified atom stereocenters. The number of ether oxygens (including phenoxy) is 1. The van der Waals surface area contributed by atoms with E-state index in [0.717, 1.165) is 113 Å². The summed E-state index contributed by atoms with van der Waals surface area (Å²) in [5.74, 6) is 1.42. The third kappa shape index (κ3) is 8.96. The van der Waals surface area contributed by atoms with Crippen molar-refractivity contribution in [2.75, 3.05) is 97.4 Å². The van der Waals surface area contributed by atoms with Crippen LogP contribution in [0.25, 0.3) is 0 Å². The van der Waals surface area contributed by atoms with Crippen molar-refractivity contribution in [3.8, 4) is 5.88 Å². The summed E-state index contributed by atoms with van der Waals surface area (Å²) in [7, 11) is 0. The summed E-state index contributed by atoms with van der Waals surface area (Å²) in [5, 5.41) is 7.23. The first kappa shape index (κ1) is 39.2. The Kier molecular flexibility index (Phi) is 12.8. The summed E-state index contributed by atoms with van der Waals surface area (Å²) < 4.78 is 5.79. The number of carbonyl (C=O) groups is 2. The van der Waals surface area contributed by atoms with Crippen LogP contribution >= 0.6 is 0 Å². The van der Waals surface area contributed by atoms with Gasteiger partial charge in [0.05, 0.1) is 11.9 Å². The van der Waals surface area contributed by atoms with E-state index < -0.39 is 0 Å². The van der Waals surface area contributed by atoms with Crippen LogP contribution in [-0.2, 0) is 0 Å². The molecule has 0 spiro atoms. The highest BCUT2D eigenvalue weighted by Crippen LogP contribution is 2.37. The average molecular weight is 758 g/mol. The van der Waals surface area contributed by atoms with Crippen molar-refractivity contribution >= 4 is 40.5 Å². The molecule has 0 saturated carbocycles. The van der Waals surface area contributed by atoms with E-state index in [4.69, 9.17) is 4.74 Å². The molecule has 3 saturated heterocycles. The summed E-state index contributed by atoms with van der Waals surface area (Å²) in [6.07, 6.45) is 14.4. The molecule has 0 amide bonds. The highest BCUT2D eigenvalue weighted by atomic mass is 16.5. The second-order valence-electron chi connectivity index (χ2n) is 15.5. The highest BCUT2D eigenvalue weighted by Gasteiger charge is 2.26. The number of pyridine rings is 1. The molecule has 1 aromatic heterocycles. The number of ketones is 1. The third-order valence-electron chi connectivity index (χ3n) is 12.0. The number of allylic oxidation sites excluding steroid dienone is 3. The van der Waals surface area contributed by atoms with Crippen LogP contribution in [0.3, 0.4) is 0 Å². The number of carbonyl (C=O) groups excluding carboxylic acids is 2. The molecule has 5 heterocycles. The van der Waals surface area contributed by atoms with Crippen molar-refractivity contribution in [1.29, 1.82) is 0 Å². The molecule has 10 nitrogen and oxygen atoms in total. The molecule has 2 aromatic carbocycles. The number of Topliss-reactive ketones (excluding diaryl/α,β-unsaturated/α-hetero) is 1. The molecule has 3 aromatic rings. The zero-order chi connectivity index (χ0) is 39.0. The monoisotopic (exact) mass is 757 g/mol. The molecule has 7 rings (SSSR count). The normalized spacial score (nSPS) is 19.8. The zero-order valence-corrected chi connectivity index (χ0v) is 33.8. The lowest BCUT2D eigenvalue weighted by molar-refractivity contribution is 0.0981. The van der Waals surface area contributed by atoms with E-state index >= 15 is 0 Å². The van der Waals surface area contributed by atoms with Gasteiger partial charge in [-0.3, -0.25) is 14.5 Å². The molecule has 3 fully saturated rings. The zero-order valence-electron chi connectivity index (χ0n) is 33.8. The standard InChI is InChI=1S/C46H59N7O3/c1-5-8-39(27-36-31-53(21-17-35(36)6-2)43-29-48-46-45(33(43)4)47-18-26-56-46)49-38-9-11-40(12-10-38)51-19-15-34(16-20-51)30-50-22-24-52(25-23-50)41-13-14-42(44(55)7-3)37(28-41)32-54/h6,8-14,27-29,32,34,47,49H,5,7,15-26,30-31H2,1-4H3/b35-6-,36-27-,39-8-. The Morgan fingerprint density at radius 3 is 2.41 bits per heavy atom. The molecular formula is C46H59N7O3. The Bertz CT molecular complexity index is 1950. The lowest BCUT2D eigenvalue weighted by Crippen LogP contribution is -2.49. The molecule has 4 aliphatic heterocycles. The van der Waals surface area contributed by atoms with Crippen molar-refractivity contribution in [2.45, 2.75) is 59.8 Å². The largest absolute Gasteiger partial charge is 0.474 e. The third-order valence-corrected chi connectivity index (χ3v) is 12.0. The number of piperidine rings is 2. The average Bonchev–Trinajstić information content (AvgIpc) is 3.24. The van der Waals surface area contributed by atoms with Crippen LogP contribution in [0, 0.1) is 12.8 Å². The quantitative estimate of drug-likeness (QED) is 0.139. The van der Waals surface area contributed by atoms with Crippen LogP contribution in [0.5, 0.6) is 5.88 Å². The number of hydrogen-bond donors (Lipinski definition) is 2. The fourth-order valence-electron chi connectivity index (χ4n) is 8.70. The van der Waals surface area contributed by atoms with Crippen molar-refractivity contribution in [1.82, 2.24) is 9.88 Å². The summed E-state index contributed by atoms with van der Waals surface area (Å²) >= 11 is 0. The topological polar surface area (TPSA) is 93.3 Å². The molecule has 10 heteroatoms. The first-order valence-corrected chi connectivity index (χ1v) is 20.8. The Hall–Kier alpha value is -5.09. The predicted octanol–water partition coefficient (Wildman–Crippen LogP) is 8.13. The molecule has 4 aliphatic rings. The number of benzene rings is 2. The Balaban J connectivity index is 0.908. The van der Waals surface area contributed by atoms with Crippen molar-refractivity contribution in [2.24, 2.45) is 5.92 Å². The van der Waals surface area contributed by atoms with E-state index in [-0.39, 0.29) is 5.78 Å². The van der Waals surface area contributed by atoms with Crippen LogP contribution in [0.15, 0.2) is 83.7 Å². The molecule has 296 valence electrons. The summed E-state index contributed by atoms with van der Waals surface area (Å²) in [6.45, 7) is 18.8. The van der Waals surface area contributed by atoms with Gasteiger partial charge in [-0.05, 0) is 105 Å². The number of hydrogen-bond acceptors (Lipinski definition) is 10. The molecule has 0 radical (unpaired) electrons. The summed E-state index contributed by atoms with van der Waals surface area (Å²) in [6, 6.07) is 14.7. The van der Waals surface area contributed by atoms with Gasteiger partial charge in [0.25, 0.3) is 0 Å². The number of fused-ring (bicyclic) bond motifs is 1. The van der Waals surface area contributed by atoms with Gasteiger partial charge in [-0.1, -0.05) is 26.0 Å². The van der Waals surface area contributed by atoms with Gasteiger partial charge in [-0.2, -0.15) is 0 Å². The number of nitrogens with one attached hydrogen (secondary N) is 2. The van der Waals surface area contributed by atoms with Crippen molar-refractivity contribution in [3.63, 3.8) is 0 Å². The van der Waals surface area contributed by atoms with E-state index in [2.05, 4.69) is 98.5 Å². The second kappa shape index (κ2) is 18.2. The van der Waals surface area contributed by atoms with E-state index in [1.165, 1.54) is 35.2 Å². The maximum atomic E-state index is 12.2. The van der Waals surface area contributed by atoms with Gasteiger partial charge in [-0.25, -0.2) is 4.98 Å². The number of rotatable bonds is 12. The van der Waals surface area contributed by atoms with E-state index in [0.29, 0.717) is 36.0 Å². The number of nitrogens with zero attached hydrogens (tertiary/aromatic N) is 5. The Morgan fingerprint density at radius 1 is 0.946 bits per heavy atom. The van der Waals surface area contributed by atoms with E-state index in [1.807, 2.05) is 31.3 Å². The van der Waals surface area contributed by atoms with Gasteiger partial charge in [0, 0.05) is 111 Å². The first-order valence-electron chi connectivity index (χ1n) is 20.8. The lowest BCUT2D eigenvalue weighted by atomic mass is 9.95. The highest BCUT2D eigenvalue weighted by molar-refractivity contribution is 6.03. The van der Waals surface area contributed by atoms with Crippen LogP contribution in [-0.4, -0.2) is 94.0 Å². The van der Waals surface area contributed by atoms with Crippen LogP contribution in [0.4, 0.5) is 28.4 Å². The molecule has 2 N–H and O–H groups in total. The maximum Gasteiger partial charge on any atom is 0.237 e. The summed E-state index contributed by atoms with van der Waals surface area (Å²) in [4.78, 5) is 38.5. The van der Waals surface area contributed by atoms with Crippen LogP contribution in [0.2, 0.25) is 0 Å². The number of aldehydes is 1. The Labute approximate surface area is 333 Å². The van der Waals surface area contributed by atoms with Crippen molar-refractivity contribution in [3.05, 3.63) is 100 Å². The first-order chi connectivity index (χ1) is 27.4. The number of anilines is 5. The molecule has 0 bridgehead atoms. The molecule has 0 atom stereocenters. The molecule has 56 heavy (non-hydrogen) atoms. The van der Waals surface area contributed by atoms with Gasteiger partial charge in [0.1, 0.15) is 12.3 Å². The van der Waals surface area contributed by atoms with Gasteiger partial charge in [-0.15, -0.1) is 0 Å². The minimum atomic E-state index is 0.0153. The fourth-order valence-corrected chi connectivity index (χ4v) is 8.70. The SMILES string of the molecule is C/C=C1/CCN(c2cnc3c(c2C)NCCO3)C/C1=C/C(=C/CC)Nc1ccc(N2CCC(CN3CCN(c4ccc(C(=O)CC)c(C=O)c4)CC3)CC2)cc1. The lowest BCUT2D eigenvalue weighted by Gasteiger charge is -2.40. The van der Waals surface area contributed by atoms with E-state index in [9.17, 15) is 9.59 Å². The minimum Gasteiger partial charge on any atom is -0.474 e. The second-order valence-corrected chi connectivity index (χ2v) is 15.5. The number of aromatic nitrogens is 1. The minimum absolute atomic E-state index is 0.0153. The van der Waals surface area contributed by atoms with Crippen molar-refractivity contribution < 1.29 is 14.3 Å². The van der Waals surface area contributed by atoms with Gasteiger partial charge >= 0.3 is 0 Å². The fraction of sp³-hybridized carbons (Fsp3) is 0.457. The maximum absolute atomic E-state index is 12.2. The van der Waals surface area contributed by atoms with E-state index in [1.54, 1.807) is 0 Å². The van der Waals surface area contributed by atoms with Gasteiger partial charge < -0.3 is 30.1 Å². The predicted molar refractivity (Wildman–Crippen MR) is 230 cm³/mol. The van der Waals surface area contributed by atoms with Gasteiger partial charge in [0.2, 0.25) is 5.88 Å². The van der Waals surface area contributed by atoms with Gasteiger partial charge in [0.15, 0.2) is 12.1 Å².